The highest BCUT2D eigenvalue weighted by Crippen LogP contribution is 2.19. The maximum absolute atomic E-state index is 4.09. The number of aromatic nitrogens is 2. The molecule has 0 bridgehead atoms. The van der Waals surface area contributed by atoms with E-state index in [1.807, 2.05) is 25.1 Å². The molecule has 0 atom stereocenters. The van der Waals surface area contributed by atoms with E-state index in [0.29, 0.717) is 0 Å². The molecule has 0 N–H and O–H groups in total. The summed E-state index contributed by atoms with van der Waals surface area (Å²) in [5.41, 5.74) is 1.96. The van der Waals surface area contributed by atoms with Crippen LogP contribution >= 0.6 is 22.6 Å². The van der Waals surface area contributed by atoms with Crippen molar-refractivity contribution in [1.82, 2.24) is 10.2 Å². The van der Waals surface area contributed by atoms with Crippen LogP contribution in [0.25, 0.3) is 10.9 Å². The van der Waals surface area contributed by atoms with Gasteiger partial charge in [0.15, 0.2) is 0 Å². The monoisotopic (exact) mass is 270 g/mol. The summed E-state index contributed by atoms with van der Waals surface area (Å²) in [4.78, 5) is 0. The zero-order valence-electron chi connectivity index (χ0n) is 6.58. The number of nitrogens with zero attached hydrogens (tertiary/aromatic N) is 2. The summed E-state index contributed by atoms with van der Waals surface area (Å²) in [6.07, 6.45) is 0. The van der Waals surface area contributed by atoms with E-state index in [9.17, 15) is 0 Å². The van der Waals surface area contributed by atoms with Crippen LogP contribution < -0.4 is 0 Å². The molecule has 0 spiro atoms. The minimum atomic E-state index is 0.965. The van der Waals surface area contributed by atoms with E-state index in [1.54, 1.807) is 0 Å². The first-order chi connectivity index (χ1) is 5.79. The largest absolute Gasteiger partial charge is 0.154 e. The summed E-state index contributed by atoms with van der Waals surface area (Å²) in [7, 11) is 0. The Morgan fingerprint density at radius 3 is 2.75 bits per heavy atom. The lowest BCUT2D eigenvalue weighted by Gasteiger charge is -2.00. The van der Waals surface area contributed by atoms with Crippen molar-refractivity contribution >= 4 is 33.5 Å². The Morgan fingerprint density at radius 2 is 1.92 bits per heavy atom. The van der Waals surface area contributed by atoms with Crippen LogP contribution in [0.4, 0.5) is 0 Å². The smallest absolute Gasteiger partial charge is 0.0940 e. The Kier molecular flexibility index (Phi) is 1.96. The molecule has 0 unspecified atom stereocenters. The lowest BCUT2D eigenvalue weighted by atomic mass is 10.2. The molecule has 0 saturated heterocycles. The molecule has 0 fully saturated rings. The third-order valence-electron chi connectivity index (χ3n) is 1.77. The molecule has 0 aliphatic carbocycles. The SMILES string of the molecule is Cc1nnc2ccccc2c1I. The molecular weight excluding hydrogens is 263 g/mol. The highest BCUT2D eigenvalue weighted by molar-refractivity contribution is 14.1. The third kappa shape index (κ3) is 1.18. The first-order valence-corrected chi connectivity index (χ1v) is 4.74. The number of rotatable bonds is 0. The van der Waals surface area contributed by atoms with E-state index in [2.05, 4.69) is 38.9 Å². The summed E-state index contributed by atoms with van der Waals surface area (Å²) in [6, 6.07) is 8.04. The minimum absolute atomic E-state index is 0.965. The van der Waals surface area contributed by atoms with Crippen molar-refractivity contribution in [2.24, 2.45) is 0 Å². The van der Waals surface area contributed by atoms with Crippen LogP contribution in [0.1, 0.15) is 5.69 Å². The van der Waals surface area contributed by atoms with Crippen molar-refractivity contribution in [2.75, 3.05) is 0 Å². The molecule has 1 heterocycles. The Bertz CT molecular complexity index is 426. The van der Waals surface area contributed by atoms with Crippen molar-refractivity contribution in [2.45, 2.75) is 6.92 Å². The van der Waals surface area contributed by atoms with Crippen LogP contribution in [-0.2, 0) is 0 Å². The lowest BCUT2D eigenvalue weighted by Crippen LogP contribution is -1.91. The van der Waals surface area contributed by atoms with E-state index in [4.69, 9.17) is 0 Å². The van der Waals surface area contributed by atoms with Crippen LogP contribution in [0, 0.1) is 10.5 Å². The Morgan fingerprint density at radius 1 is 1.17 bits per heavy atom. The summed E-state index contributed by atoms with van der Waals surface area (Å²) in [5, 5.41) is 9.32. The lowest BCUT2D eigenvalue weighted by molar-refractivity contribution is 1.01. The van der Waals surface area contributed by atoms with Gasteiger partial charge in [-0.25, -0.2) is 0 Å². The third-order valence-corrected chi connectivity index (χ3v) is 3.13. The normalized spacial score (nSPS) is 10.5. The van der Waals surface area contributed by atoms with Crippen molar-refractivity contribution in [1.29, 1.82) is 0 Å². The maximum atomic E-state index is 4.09. The molecule has 0 saturated carbocycles. The molecule has 3 heteroatoms. The molecule has 2 rings (SSSR count). The summed E-state index contributed by atoms with van der Waals surface area (Å²) in [6.45, 7) is 1.97. The summed E-state index contributed by atoms with van der Waals surface area (Å²) < 4.78 is 1.19. The van der Waals surface area contributed by atoms with Crippen molar-refractivity contribution < 1.29 is 0 Å². The van der Waals surface area contributed by atoms with Gasteiger partial charge in [0.2, 0.25) is 0 Å². The van der Waals surface area contributed by atoms with Crippen molar-refractivity contribution in [3.05, 3.63) is 33.5 Å². The zero-order valence-corrected chi connectivity index (χ0v) is 8.74. The Labute approximate surface area is 84.1 Å². The highest BCUT2D eigenvalue weighted by Gasteiger charge is 2.01. The number of benzene rings is 1. The van der Waals surface area contributed by atoms with Gasteiger partial charge < -0.3 is 0 Å². The fourth-order valence-corrected chi connectivity index (χ4v) is 1.68. The Hall–Kier alpha value is -0.710. The van der Waals surface area contributed by atoms with Crippen LogP contribution in [0.3, 0.4) is 0 Å². The number of hydrogen-bond acceptors (Lipinski definition) is 2. The van der Waals surface area contributed by atoms with E-state index >= 15 is 0 Å². The Balaban J connectivity index is 2.91. The van der Waals surface area contributed by atoms with E-state index in [1.165, 1.54) is 8.96 Å². The van der Waals surface area contributed by atoms with Gasteiger partial charge in [-0.05, 0) is 35.6 Å². The van der Waals surface area contributed by atoms with Crippen LogP contribution in [0.5, 0.6) is 0 Å². The van der Waals surface area contributed by atoms with Crippen molar-refractivity contribution in [3.63, 3.8) is 0 Å². The first-order valence-electron chi connectivity index (χ1n) is 3.66. The van der Waals surface area contributed by atoms with Crippen molar-refractivity contribution in [3.8, 4) is 0 Å². The van der Waals surface area contributed by atoms with Gasteiger partial charge in [-0.2, -0.15) is 10.2 Å². The van der Waals surface area contributed by atoms with Gasteiger partial charge in [0.1, 0.15) is 0 Å². The topological polar surface area (TPSA) is 25.8 Å². The van der Waals surface area contributed by atoms with Crippen LogP contribution in [0.15, 0.2) is 24.3 Å². The molecule has 0 amide bonds. The van der Waals surface area contributed by atoms with E-state index < -0.39 is 0 Å². The molecule has 1 aromatic heterocycles. The van der Waals surface area contributed by atoms with E-state index in [0.717, 1.165) is 11.2 Å². The number of aryl methyl sites for hydroxylation is 1. The molecule has 2 aromatic rings. The van der Waals surface area contributed by atoms with Gasteiger partial charge in [-0.1, -0.05) is 18.2 Å². The van der Waals surface area contributed by atoms with Gasteiger partial charge in [0.05, 0.1) is 11.2 Å². The molecule has 12 heavy (non-hydrogen) atoms. The van der Waals surface area contributed by atoms with E-state index in [-0.39, 0.29) is 0 Å². The second-order valence-electron chi connectivity index (χ2n) is 2.62. The van der Waals surface area contributed by atoms with Gasteiger partial charge in [-0.3, -0.25) is 0 Å². The fourth-order valence-electron chi connectivity index (χ4n) is 1.11. The highest BCUT2D eigenvalue weighted by atomic mass is 127. The molecule has 0 aliphatic heterocycles. The predicted octanol–water partition coefficient (Wildman–Crippen LogP) is 2.54. The number of hydrogen-bond donors (Lipinski definition) is 0. The zero-order chi connectivity index (χ0) is 8.55. The second-order valence-corrected chi connectivity index (χ2v) is 3.70. The molecule has 60 valence electrons. The fraction of sp³-hybridized carbons (Fsp3) is 0.111. The molecule has 0 radical (unpaired) electrons. The van der Waals surface area contributed by atoms with Gasteiger partial charge in [0.25, 0.3) is 0 Å². The summed E-state index contributed by atoms with van der Waals surface area (Å²) >= 11 is 2.30. The summed E-state index contributed by atoms with van der Waals surface area (Å²) in [5.74, 6) is 0. The van der Waals surface area contributed by atoms with Gasteiger partial charge in [0, 0.05) is 8.96 Å². The number of fused-ring (bicyclic) bond motifs is 1. The second kappa shape index (κ2) is 2.97. The maximum Gasteiger partial charge on any atom is 0.0940 e. The van der Waals surface area contributed by atoms with Gasteiger partial charge in [-0.15, -0.1) is 0 Å². The molecule has 2 nitrogen and oxygen atoms in total. The molecular formula is C9H7IN2. The first kappa shape index (κ1) is 7.91. The quantitative estimate of drug-likeness (QED) is 0.687. The standard InChI is InChI=1S/C9H7IN2/c1-6-9(10)7-4-2-3-5-8(7)12-11-6/h2-5H,1H3. The average molecular weight is 270 g/mol. The van der Waals surface area contributed by atoms with Crippen LogP contribution in [-0.4, -0.2) is 10.2 Å². The number of halogens is 1. The molecule has 0 aliphatic rings. The van der Waals surface area contributed by atoms with Gasteiger partial charge >= 0.3 is 0 Å². The minimum Gasteiger partial charge on any atom is -0.154 e. The van der Waals surface area contributed by atoms with Crippen LogP contribution in [0.2, 0.25) is 0 Å². The predicted molar refractivity (Wildman–Crippen MR) is 57.0 cm³/mol. The molecule has 1 aromatic carbocycles. The average Bonchev–Trinajstić information content (AvgIpc) is 2.12.